The van der Waals surface area contributed by atoms with Crippen molar-refractivity contribution in [2.24, 2.45) is 5.16 Å². The van der Waals surface area contributed by atoms with Gasteiger partial charge in [0.25, 0.3) is 0 Å². The van der Waals surface area contributed by atoms with Crippen LogP contribution in [0.5, 0.6) is 0 Å². The van der Waals surface area contributed by atoms with Gasteiger partial charge in [0.15, 0.2) is 0 Å². The number of nitrogens with zero attached hydrogens (tertiary/aromatic N) is 2. The smallest absolute Gasteiger partial charge is 0.131 e. The third kappa shape index (κ3) is 2.02. The van der Waals surface area contributed by atoms with Crippen LogP contribution in [0, 0.1) is 6.92 Å². The molecule has 1 N–H and O–H groups in total. The number of aliphatic hydroxyl groups is 1. The van der Waals surface area contributed by atoms with Crippen LogP contribution in [-0.4, -0.2) is 29.5 Å². The van der Waals surface area contributed by atoms with E-state index < -0.39 is 0 Å². The molecule has 0 aliphatic rings. The SMILES string of the molecule is CO/N=C(\CO)c1csc(C)n1. The maximum absolute atomic E-state index is 8.87. The second-order valence-corrected chi connectivity index (χ2v) is 3.19. The van der Waals surface area contributed by atoms with Crippen LogP contribution in [0.15, 0.2) is 10.5 Å². The van der Waals surface area contributed by atoms with Crippen LogP contribution in [0.4, 0.5) is 0 Å². The summed E-state index contributed by atoms with van der Waals surface area (Å²) in [5, 5.41) is 15.3. The molecule has 0 aliphatic carbocycles. The fourth-order valence-corrected chi connectivity index (χ4v) is 1.38. The van der Waals surface area contributed by atoms with Gasteiger partial charge in [-0.15, -0.1) is 11.3 Å². The zero-order valence-corrected chi connectivity index (χ0v) is 7.76. The third-order valence-corrected chi connectivity index (χ3v) is 2.04. The highest BCUT2D eigenvalue weighted by molar-refractivity contribution is 7.09. The van der Waals surface area contributed by atoms with E-state index in [0.717, 1.165) is 5.01 Å². The van der Waals surface area contributed by atoms with E-state index in [2.05, 4.69) is 15.0 Å². The van der Waals surface area contributed by atoms with E-state index in [0.29, 0.717) is 11.4 Å². The van der Waals surface area contributed by atoms with E-state index in [-0.39, 0.29) is 6.61 Å². The van der Waals surface area contributed by atoms with E-state index in [1.807, 2.05) is 12.3 Å². The van der Waals surface area contributed by atoms with Gasteiger partial charge in [-0.2, -0.15) is 0 Å². The predicted molar refractivity (Wildman–Crippen MR) is 47.5 cm³/mol. The Kier molecular flexibility index (Phi) is 3.19. The minimum Gasteiger partial charge on any atom is -0.399 e. The number of hydrogen-bond acceptors (Lipinski definition) is 5. The summed E-state index contributed by atoms with van der Waals surface area (Å²) in [6, 6.07) is 0. The van der Waals surface area contributed by atoms with E-state index in [9.17, 15) is 0 Å². The average Bonchev–Trinajstić information content (AvgIpc) is 2.47. The molecular formula is C7H10N2O2S. The maximum atomic E-state index is 8.87. The molecule has 5 heteroatoms. The van der Waals surface area contributed by atoms with Crippen molar-refractivity contribution >= 4 is 17.0 Å². The second kappa shape index (κ2) is 4.18. The van der Waals surface area contributed by atoms with Gasteiger partial charge in [-0.1, -0.05) is 5.16 Å². The lowest BCUT2D eigenvalue weighted by atomic mass is 10.3. The zero-order valence-electron chi connectivity index (χ0n) is 6.94. The molecule has 0 unspecified atom stereocenters. The standard InChI is InChI=1S/C7H10N2O2S/c1-5-8-7(4-12-5)6(3-10)9-11-2/h4,10H,3H2,1-2H3/b9-6+. The molecule has 0 saturated heterocycles. The molecule has 0 spiro atoms. The topological polar surface area (TPSA) is 54.7 Å². The van der Waals surface area contributed by atoms with Gasteiger partial charge in [0.1, 0.15) is 18.5 Å². The normalized spacial score (nSPS) is 11.8. The molecule has 1 aromatic rings. The van der Waals surface area contributed by atoms with Crippen LogP contribution in [-0.2, 0) is 4.84 Å². The van der Waals surface area contributed by atoms with Crippen molar-refractivity contribution < 1.29 is 9.94 Å². The minimum absolute atomic E-state index is 0.156. The first-order chi connectivity index (χ1) is 5.77. The molecule has 12 heavy (non-hydrogen) atoms. The van der Waals surface area contributed by atoms with Gasteiger partial charge in [-0.05, 0) is 6.92 Å². The molecule has 0 aliphatic heterocycles. The summed E-state index contributed by atoms with van der Waals surface area (Å²) < 4.78 is 0. The summed E-state index contributed by atoms with van der Waals surface area (Å²) in [5.74, 6) is 0. The van der Waals surface area contributed by atoms with E-state index >= 15 is 0 Å². The van der Waals surface area contributed by atoms with E-state index in [1.165, 1.54) is 18.4 Å². The Morgan fingerprint density at radius 1 is 1.83 bits per heavy atom. The maximum Gasteiger partial charge on any atom is 0.131 e. The van der Waals surface area contributed by atoms with Crippen LogP contribution in [0.2, 0.25) is 0 Å². The molecule has 0 radical (unpaired) electrons. The lowest BCUT2D eigenvalue weighted by molar-refractivity contribution is 0.209. The Morgan fingerprint density at radius 2 is 2.58 bits per heavy atom. The molecule has 0 aromatic carbocycles. The number of rotatable bonds is 3. The predicted octanol–water partition coefficient (Wildman–Crippen LogP) is 0.794. The Balaban J connectivity index is 2.87. The summed E-state index contributed by atoms with van der Waals surface area (Å²) in [4.78, 5) is 8.70. The van der Waals surface area contributed by atoms with Crippen LogP contribution < -0.4 is 0 Å². The van der Waals surface area contributed by atoms with Crippen LogP contribution in [0.1, 0.15) is 10.7 Å². The Bertz CT molecular complexity index is 283. The fraction of sp³-hybridized carbons (Fsp3) is 0.429. The van der Waals surface area contributed by atoms with Gasteiger partial charge in [0, 0.05) is 5.38 Å². The highest BCUT2D eigenvalue weighted by Gasteiger charge is 2.06. The summed E-state index contributed by atoms with van der Waals surface area (Å²) in [6.45, 7) is 1.74. The minimum atomic E-state index is -0.156. The highest BCUT2D eigenvalue weighted by Crippen LogP contribution is 2.08. The quantitative estimate of drug-likeness (QED) is 0.561. The number of thiazole rings is 1. The first kappa shape index (κ1) is 9.15. The van der Waals surface area contributed by atoms with Gasteiger partial charge in [-0.3, -0.25) is 0 Å². The monoisotopic (exact) mass is 186 g/mol. The number of oxime groups is 1. The lowest BCUT2D eigenvalue weighted by Gasteiger charge is -1.95. The van der Waals surface area contributed by atoms with Gasteiger partial charge in [-0.25, -0.2) is 4.98 Å². The average molecular weight is 186 g/mol. The Labute approximate surface area is 74.5 Å². The van der Waals surface area contributed by atoms with Gasteiger partial charge >= 0.3 is 0 Å². The van der Waals surface area contributed by atoms with Crippen molar-refractivity contribution in [3.05, 3.63) is 16.1 Å². The largest absolute Gasteiger partial charge is 0.399 e. The van der Waals surface area contributed by atoms with Crippen molar-refractivity contribution in [3.8, 4) is 0 Å². The molecule has 4 nitrogen and oxygen atoms in total. The molecule has 0 amide bonds. The van der Waals surface area contributed by atoms with Crippen molar-refractivity contribution in [2.45, 2.75) is 6.92 Å². The van der Waals surface area contributed by atoms with Crippen molar-refractivity contribution in [1.29, 1.82) is 0 Å². The molecule has 0 atom stereocenters. The molecule has 66 valence electrons. The lowest BCUT2D eigenvalue weighted by Crippen LogP contribution is -2.07. The van der Waals surface area contributed by atoms with Gasteiger partial charge in [0.2, 0.25) is 0 Å². The van der Waals surface area contributed by atoms with E-state index in [4.69, 9.17) is 5.11 Å². The highest BCUT2D eigenvalue weighted by atomic mass is 32.1. The molecular weight excluding hydrogens is 176 g/mol. The number of aryl methyl sites for hydroxylation is 1. The molecule has 1 heterocycles. The van der Waals surface area contributed by atoms with Crippen molar-refractivity contribution in [3.63, 3.8) is 0 Å². The van der Waals surface area contributed by atoms with Gasteiger partial charge < -0.3 is 9.94 Å². The first-order valence-corrected chi connectivity index (χ1v) is 4.29. The summed E-state index contributed by atoms with van der Waals surface area (Å²) in [5.41, 5.74) is 1.14. The molecule has 1 rings (SSSR count). The molecule has 0 fully saturated rings. The number of aliphatic hydroxyl groups excluding tert-OH is 1. The Morgan fingerprint density at radius 3 is 3.00 bits per heavy atom. The fourth-order valence-electron chi connectivity index (χ4n) is 0.763. The van der Waals surface area contributed by atoms with Crippen LogP contribution in [0.3, 0.4) is 0 Å². The zero-order chi connectivity index (χ0) is 8.97. The van der Waals surface area contributed by atoms with Gasteiger partial charge in [0.05, 0.1) is 11.6 Å². The number of hydrogen-bond donors (Lipinski definition) is 1. The molecule has 1 aromatic heterocycles. The van der Waals surface area contributed by atoms with Crippen molar-refractivity contribution in [2.75, 3.05) is 13.7 Å². The van der Waals surface area contributed by atoms with E-state index in [1.54, 1.807) is 0 Å². The summed E-state index contributed by atoms with van der Waals surface area (Å²) in [7, 11) is 1.44. The number of aromatic nitrogens is 1. The molecule has 0 saturated carbocycles. The second-order valence-electron chi connectivity index (χ2n) is 2.13. The van der Waals surface area contributed by atoms with Crippen molar-refractivity contribution in [1.82, 2.24) is 4.98 Å². The summed E-state index contributed by atoms with van der Waals surface area (Å²) >= 11 is 1.52. The summed E-state index contributed by atoms with van der Waals surface area (Å²) in [6.07, 6.45) is 0. The van der Waals surface area contributed by atoms with Crippen LogP contribution >= 0.6 is 11.3 Å². The first-order valence-electron chi connectivity index (χ1n) is 3.41. The molecule has 0 bridgehead atoms. The third-order valence-electron chi connectivity index (χ3n) is 1.27. The Hall–Kier alpha value is -0.940. The van der Waals surface area contributed by atoms with Crippen LogP contribution in [0.25, 0.3) is 0 Å².